The zero-order chi connectivity index (χ0) is 33.3. The summed E-state index contributed by atoms with van der Waals surface area (Å²) in [6.07, 6.45) is 1.65. The molecule has 0 saturated heterocycles. The zero-order valence-electron chi connectivity index (χ0n) is 25.8. The average Bonchev–Trinajstić information content (AvgIpc) is 3.77. The summed E-state index contributed by atoms with van der Waals surface area (Å²) in [7, 11) is 0. The third kappa shape index (κ3) is 8.34. The summed E-state index contributed by atoms with van der Waals surface area (Å²) in [4.78, 5) is 46.6. The van der Waals surface area contributed by atoms with Crippen LogP contribution in [0.2, 0.25) is 0 Å². The summed E-state index contributed by atoms with van der Waals surface area (Å²) in [6.45, 7) is 2.00. The summed E-state index contributed by atoms with van der Waals surface area (Å²) >= 11 is 4.35. The van der Waals surface area contributed by atoms with Crippen LogP contribution in [-0.2, 0) is 9.59 Å². The van der Waals surface area contributed by atoms with Crippen LogP contribution in [0.3, 0.4) is 0 Å². The molecule has 10 heteroatoms. The van der Waals surface area contributed by atoms with Crippen molar-refractivity contribution in [3.8, 4) is 11.3 Å². The van der Waals surface area contributed by atoms with Crippen LogP contribution in [0.5, 0.6) is 0 Å². The molecule has 6 aromatic rings. The molecule has 0 bridgehead atoms. The van der Waals surface area contributed by atoms with E-state index in [9.17, 15) is 14.4 Å². The number of thioether (sulfide) groups is 1. The van der Waals surface area contributed by atoms with Gasteiger partial charge in [-0.15, -0.1) is 23.1 Å². The number of amides is 3. The summed E-state index contributed by atoms with van der Waals surface area (Å²) < 4.78 is 0. The maximum Gasteiger partial charge on any atom is 0.272 e. The van der Waals surface area contributed by atoms with Gasteiger partial charge in [-0.2, -0.15) is 11.3 Å². The van der Waals surface area contributed by atoms with Crippen molar-refractivity contribution in [2.24, 2.45) is 0 Å². The van der Waals surface area contributed by atoms with Gasteiger partial charge in [0.1, 0.15) is 10.9 Å². The Balaban J connectivity index is 1.16. The maximum atomic E-state index is 13.7. The number of thiazole rings is 1. The van der Waals surface area contributed by atoms with Gasteiger partial charge in [0.25, 0.3) is 11.8 Å². The van der Waals surface area contributed by atoms with Gasteiger partial charge in [0, 0.05) is 26.6 Å². The first-order chi connectivity index (χ1) is 23.4. The first-order valence-corrected chi connectivity index (χ1v) is 17.6. The van der Waals surface area contributed by atoms with Crippen LogP contribution in [0.4, 0.5) is 10.8 Å². The van der Waals surface area contributed by atoms with Crippen molar-refractivity contribution in [1.82, 2.24) is 10.3 Å². The molecule has 0 aliphatic rings. The van der Waals surface area contributed by atoms with E-state index in [1.165, 1.54) is 34.4 Å². The van der Waals surface area contributed by atoms with Gasteiger partial charge < -0.3 is 16.0 Å². The minimum atomic E-state index is -0.552. The first kappa shape index (κ1) is 32.6. The van der Waals surface area contributed by atoms with E-state index in [0.717, 1.165) is 32.2 Å². The van der Waals surface area contributed by atoms with E-state index in [1.54, 1.807) is 42.5 Å². The number of carbonyl (C=O) groups excluding carboxylic acids is 3. The summed E-state index contributed by atoms with van der Waals surface area (Å²) in [5.74, 6) is -1.02. The van der Waals surface area contributed by atoms with Gasteiger partial charge in [-0.05, 0) is 77.4 Å². The Morgan fingerprint density at radius 3 is 2.12 bits per heavy atom. The molecule has 3 amide bonds. The lowest BCUT2D eigenvalue weighted by molar-refractivity contribution is -0.116. The molecule has 1 atom stereocenters. The van der Waals surface area contributed by atoms with Gasteiger partial charge in [-0.1, -0.05) is 78.9 Å². The molecular formula is C38H30N4O3S3. The largest absolute Gasteiger partial charge is 0.321 e. The number of aryl methyl sites for hydroxylation is 1. The number of nitrogens with one attached hydrogen (secondary N) is 3. The Kier molecular flexibility index (Phi) is 10.6. The van der Waals surface area contributed by atoms with E-state index in [0.29, 0.717) is 16.4 Å². The Morgan fingerprint density at radius 2 is 1.46 bits per heavy atom. The molecule has 0 aliphatic carbocycles. The molecule has 6 rings (SSSR count). The smallest absolute Gasteiger partial charge is 0.272 e. The fourth-order valence-electron chi connectivity index (χ4n) is 4.80. The van der Waals surface area contributed by atoms with Crippen molar-refractivity contribution in [1.29, 1.82) is 0 Å². The molecule has 3 N–H and O–H groups in total. The van der Waals surface area contributed by atoms with Crippen LogP contribution >= 0.6 is 34.4 Å². The molecular weight excluding hydrogens is 657 g/mol. The monoisotopic (exact) mass is 686 g/mol. The fourth-order valence-corrected chi connectivity index (χ4v) is 7.28. The number of nitrogens with zero attached hydrogens (tertiary/aromatic N) is 1. The predicted molar refractivity (Wildman–Crippen MR) is 197 cm³/mol. The molecule has 1 unspecified atom stereocenters. The Morgan fingerprint density at radius 1 is 0.792 bits per heavy atom. The SMILES string of the molecule is Cc1sc(NC(=O)C(Sc2ccc(NC(=O)/C(=C/c3ccsc3)NC(=O)c3ccccc3)cc2)c2ccccc2)nc1-c1ccccc1. The summed E-state index contributed by atoms with van der Waals surface area (Å²) in [5, 5.41) is 12.5. The highest BCUT2D eigenvalue weighted by molar-refractivity contribution is 8.00. The van der Waals surface area contributed by atoms with Gasteiger partial charge in [-0.25, -0.2) is 4.98 Å². The van der Waals surface area contributed by atoms with Crippen molar-refractivity contribution in [3.05, 3.63) is 159 Å². The third-order valence-electron chi connectivity index (χ3n) is 7.16. The van der Waals surface area contributed by atoms with Gasteiger partial charge in [0.15, 0.2) is 5.13 Å². The zero-order valence-corrected chi connectivity index (χ0v) is 28.2. The number of anilines is 2. The van der Waals surface area contributed by atoms with E-state index in [2.05, 4.69) is 16.0 Å². The van der Waals surface area contributed by atoms with E-state index >= 15 is 0 Å². The molecule has 238 valence electrons. The highest BCUT2D eigenvalue weighted by atomic mass is 32.2. The Hall–Kier alpha value is -5.29. The van der Waals surface area contributed by atoms with Crippen LogP contribution in [0, 0.1) is 6.92 Å². The Bertz CT molecular complexity index is 2030. The molecule has 0 aliphatic heterocycles. The second kappa shape index (κ2) is 15.5. The number of benzene rings is 4. The van der Waals surface area contributed by atoms with E-state index in [1.807, 2.05) is 103 Å². The molecule has 0 radical (unpaired) electrons. The third-order valence-corrected chi connectivity index (χ3v) is 10.0. The number of rotatable bonds is 11. The van der Waals surface area contributed by atoms with Crippen molar-refractivity contribution < 1.29 is 14.4 Å². The highest BCUT2D eigenvalue weighted by Gasteiger charge is 2.24. The van der Waals surface area contributed by atoms with Crippen LogP contribution < -0.4 is 16.0 Å². The van der Waals surface area contributed by atoms with Gasteiger partial charge in [0.2, 0.25) is 5.91 Å². The van der Waals surface area contributed by atoms with Crippen molar-refractivity contribution in [2.75, 3.05) is 10.6 Å². The maximum absolute atomic E-state index is 13.7. The second-order valence-electron chi connectivity index (χ2n) is 10.6. The summed E-state index contributed by atoms with van der Waals surface area (Å²) in [5.41, 5.74) is 4.62. The molecule has 2 heterocycles. The standard InChI is InChI=1S/C38H30N4O3S3/c1-25-33(27-11-5-2-6-12-27)41-38(47-25)42-37(45)34(28-13-7-3-8-14-28)48-31-19-17-30(18-20-31)39-36(44)32(23-26-21-22-46-24-26)40-35(43)29-15-9-4-10-16-29/h2-24,34H,1H3,(H,39,44)(H,40,43)(H,41,42,45)/b32-23-. The Labute approximate surface area is 290 Å². The number of carbonyl (C=O) groups is 3. The van der Waals surface area contributed by atoms with E-state index in [4.69, 9.17) is 4.98 Å². The number of hydrogen-bond acceptors (Lipinski definition) is 7. The van der Waals surface area contributed by atoms with Gasteiger partial charge in [-0.3, -0.25) is 14.4 Å². The van der Waals surface area contributed by atoms with Gasteiger partial charge in [0.05, 0.1) is 5.69 Å². The molecule has 7 nitrogen and oxygen atoms in total. The lowest BCUT2D eigenvalue weighted by Gasteiger charge is -2.17. The molecule has 0 spiro atoms. The molecule has 48 heavy (non-hydrogen) atoms. The predicted octanol–water partition coefficient (Wildman–Crippen LogP) is 9.06. The minimum absolute atomic E-state index is 0.120. The molecule has 2 aromatic heterocycles. The van der Waals surface area contributed by atoms with Crippen molar-refractivity contribution in [2.45, 2.75) is 17.1 Å². The van der Waals surface area contributed by atoms with Crippen molar-refractivity contribution in [3.63, 3.8) is 0 Å². The van der Waals surface area contributed by atoms with Crippen molar-refractivity contribution >= 4 is 69.1 Å². The van der Waals surface area contributed by atoms with Crippen LogP contribution in [0.15, 0.2) is 143 Å². The topological polar surface area (TPSA) is 100 Å². The van der Waals surface area contributed by atoms with E-state index < -0.39 is 11.2 Å². The number of thiophene rings is 1. The lowest BCUT2D eigenvalue weighted by Crippen LogP contribution is -2.30. The van der Waals surface area contributed by atoms with Crippen LogP contribution in [0.1, 0.15) is 31.6 Å². The molecule has 4 aromatic carbocycles. The highest BCUT2D eigenvalue weighted by Crippen LogP contribution is 2.38. The van der Waals surface area contributed by atoms with E-state index in [-0.39, 0.29) is 17.5 Å². The van der Waals surface area contributed by atoms with Crippen LogP contribution in [-0.4, -0.2) is 22.7 Å². The average molecular weight is 687 g/mol. The quantitative estimate of drug-likeness (QED) is 0.0933. The van der Waals surface area contributed by atoms with Gasteiger partial charge >= 0.3 is 0 Å². The second-order valence-corrected chi connectivity index (χ2v) is 13.8. The summed E-state index contributed by atoms with van der Waals surface area (Å²) in [6, 6.07) is 37.4. The minimum Gasteiger partial charge on any atom is -0.321 e. The number of hydrogen-bond donors (Lipinski definition) is 3. The molecule has 0 saturated carbocycles. The fraction of sp³-hybridized carbons (Fsp3) is 0.0526. The number of aromatic nitrogens is 1. The lowest BCUT2D eigenvalue weighted by atomic mass is 10.1. The molecule has 0 fully saturated rings. The normalized spacial score (nSPS) is 11.8. The van der Waals surface area contributed by atoms with Crippen LogP contribution in [0.25, 0.3) is 17.3 Å². The first-order valence-electron chi connectivity index (χ1n) is 15.0.